The van der Waals surface area contributed by atoms with Crippen LogP contribution in [-0.2, 0) is 0 Å². The third-order valence-electron chi connectivity index (χ3n) is 1.54. The minimum Gasteiger partial charge on any atom is -0.111 e. The van der Waals surface area contributed by atoms with Crippen LogP contribution in [0.3, 0.4) is 0 Å². The van der Waals surface area contributed by atoms with E-state index < -0.39 is 0 Å². The molecule has 1 aromatic heterocycles. The lowest BCUT2D eigenvalue weighted by Gasteiger charge is -1.87. The van der Waals surface area contributed by atoms with Gasteiger partial charge in [-0.05, 0) is 24.5 Å². The molecule has 0 N–H and O–H groups in total. The molecular formula is C7H5Cl2S. The molecular weight excluding hydrogens is 187 g/mol. The van der Waals surface area contributed by atoms with Gasteiger partial charge in [0.15, 0.2) is 0 Å². The molecule has 1 aromatic rings. The molecule has 1 aliphatic carbocycles. The largest absolute Gasteiger partial charge is 0.111 e. The van der Waals surface area contributed by atoms with Gasteiger partial charge in [-0.2, -0.15) is 0 Å². The molecule has 0 atom stereocenters. The highest BCUT2D eigenvalue weighted by Gasteiger charge is 2.27. The molecule has 1 radical (unpaired) electrons. The second-order valence-corrected chi connectivity index (χ2v) is 4.63. The number of halogens is 2. The van der Waals surface area contributed by atoms with Gasteiger partial charge in [-0.15, -0.1) is 11.3 Å². The molecule has 3 heteroatoms. The van der Waals surface area contributed by atoms with E-state index in [1.165, 1.54) is 35.7 Å². The number of rotatable bonds is 1. The Morgan fingerprint density at radius 2 is 2.00 bits per heavy atom. The molecule has 0 aromatic carbocycles. The first-order valence-electron chi connectivity index (χ1n) is 3.07. The van der Waals surface area contributed by atoms with Crippen molar-refractivity contribution in [3.05, 3.63) is 26.2 Å². The van der Waals surface area contributed by atoms with Crippen LogP contribution >= 0.6 is 34.5 Å². The second-order valence-electron chi connectivity index (χ2n) is 2.34. The Bertz CT molecular complexity index is 250. The predicted molar refractivity (Wildman–Crippen MR) is 45.9 cm³/mol. The van der Waals surface area contributed by atoms with Crippen LogP contribution in [0.15, 0.2) is 6.07 Å². The van der Waals surface area contributed by atoms with Gasteiger partial charge in [-0.1, -0.05) is 23.2 Å². The van der Waals surface area contributed by atoms with Crippen molar-refractivity contribution in [2.24, 2.45) is 0 Å². The highest BCUT2D eigenvalue weighted by atomic mass is 35.5. The molecule has 10 heavy (non-hydrogen) atoms. The summed E-state index contributed by atoms with van der Waals surface area (Å²) >= 11 is 13.1. The maximum atomic E-state index is 5.89. The van der Waals surface area contributed by atoms with E-state index in [0.717, 1.165) is 8.67 Å². The monoisotopic (exact) mass is 191 g/mol. The summed E-state index contributed by atoms with van der Waals surface area (Å²) in [6, 6.07) is 1.96. The van der Waals surface area contributed by atoms with Gasteiger partial charge in [0.1, 0.15) is 0 Å². The summed E-state index contributed by atoms with van der Waals surface area (Å²) in [7, 11) is 0. The first-order chi connectivity index (χ1) is 4.77. The van der Waals surface area contributed by atoms with Gasteiger partial charge in [0.25, 0.3) is 0 Å². The minimum absolute atomic E-state index is 0.791. The first kappa shape index (κ1) is 6.96. The summed E-state index contributed by atoms with van der Waals surface area (Å²) < 4.78 is 1.64. The molecule has 1 saturated carbocycles. The summed E-state index contributed by atoms with van der Waals surface area (Å²) in [6.07, 6.45) is 2.40. The van der Waals surface area contributed by atoms with Crippen molar-refractivity contribution in [3.63, 3.8) is 0 Å². The highest BCUT2D eigenvalue weighted by Crippen LogP contribution is 2.46. The van der Waals surface area contributed by atoms with Gasteiger partial charge in [0.2, 0.25) is 0 Å². The summed E-state index contributed by atoms with van der Waals surface area (Å²) in [4.78, 5) is 0. The van der Waals surface area contributed by atoms with Gasteiger partial charge in [-0.25, -0.2) is 0 Å². The third-order valence-corrected chi connectivity index (χ3v) is 3.03. The Kier molecular flexibility index (Phi) is 1.67. The zero-order valence-electron chi connectivity index (χ0n) is 5.16. The molecule has 0 saturated heterocycles. The zero-order chi connectivity index (χ0) is 7.14. The summed E-state index contributed by atoms with van der Waals surface area (Å²) in [5, 5.41) is 0. The summed E-state index contributed by atoms with van der Waals surface area (Å²) in [5.41, 5.74) is 1.18. The number of hydrogen-bond acceptors (Lipinski definition) is 1. The molecule has 0 unspecified atom stereocenters. The Morgan fingerprint density at radius 1 is 1.30 bits per heavy atom. The lowest BCUT2D eigenvalue weighted by atomic mass is 10.2. The third kappa shape index (κ3) is 1.18. The topological polar surface area (TPSA) is 0 Å². The molecule has 53 valence electrons. The van der Waals surface area contributed by atoms with Crippen LogP contribution in [-0.4, -0.2) is 0 Å². The van der Waals surface area contributed by atoms with E-state index in [0.29, 0.717) is 0 Å². The number of thiophene rings is 1. The van der Waals surface area contributed by atoms with Gasteiger partial charge in [0.05, 0.1) is 8.67 Å². The molecule has 0 nitrogen and oxygen atoms in total. The maximum Gasteiger partial charge on any atom is 0.0982 e. The first-order valence-corrected chi connectivity index (χ1v) is 4.64. The molecule has 0 aliphatic heterocycles. The van der Waals surface area contributed by atoms with Gasteiger partial charge in [-0.3, -0.25) is 0 Å². The lowest BCUT2D eigenvalue weighted by molar-refractivity contribution is 1.46. The predicted octanol–water partition coefficient (Wildman–Crippen LogP) is 3.77. The van der Waals surface area contributed by atoms with Crippen molar-refractivity contribution in [1.29, 1.82) is 0 Å². The van der Waals surface area contributed by atoms with Crippen LogP contribution < -0.4 is 0 Å². The quantitative estimate of drug-likeness (QED) is 0.635. The molecule has 2 rings (SSSR count). The van der Waals surface area contributed by atoms with E-state index in [1.54, 1.807) is 0 Å². The van der Waals surface area contributed by atoms with Crippen LogP contribution in [0.2, 0.25) is 8.67 Å². The van der Waals surface area contributed by atoms with Crippen molar-refractivity contribution < 1.29 is 0 Å². The normalized spacial score (nSPS) is 17.8. The standard InChI is InChI=1S/C7H5Cl2S/c8-6-3-5(4-1-2-4)7(9)10-6/h3H,1-2H2. The Hall–Kier alpha value is 0.280. The van der Waals surface area contributed by atoms with Gasteiger partial charge in [0, 0.05) is 5.92 Å². The van der Waals surface area contributed by atoms with Crippen molar-refractivity contribution in [1.82, 2.24) is 0 Å². The minimum atomic E-state index is 0.791. The van der Waals surface area contributed by atoms with Crippen LogP contribution in [0.5, 0.6) is 0 Å². The molecule has 1 fully saturated rings. The van der Waals surface area contributed by atoms with Crippen LogP contribution in [0.4, 0.5) is 0 Å². The van der Waals surface area contributed by atoms with Crippen molar-refractivity contribution in [3.8, 4) is 0 Å². The van der Waals surface area contributed by atoms with E-state index in [1.807, 2.05) is 6.07 Å². The lowest BCUT2D eigenvalue weighted by Crippen LogP contribution is -1.71. The van der Waals surface area contributed by atoms with E-state index in [9.17, 15) is 0 Å². The van der Waals surface area contributed by atoms with Crippen molar-refractivity contribution in [2.75, 3.05) is 0 Å². The Labute approximate surface area is 73.8 Å². The summed E-state index contributed by atoms with van der Waals surface area (Å²) in [6.45, 7) is 0. The Morgan fingerprint density at radius 3 is 2.40 bits per heavy atom. The average Bonchev–Trinajstić information content (AvgIpc) is 2.61. The SMILES string of the molecule is Clc1cc([C]2CC2)c(Cl)s1. The van der Waals surface area contributed by atoms with E-state index in [4.69, 9.17) is 23.2 Å². The average molecular weight is 192 g/mol. The van der Waals surface area contributed by atoms with Gasteiger partial charge < -0.3 is 0 Å². The van der Waals surface area contributed by atoms with Crippen LogP contribution in [0, 0.1) is 5.92 Å². The molecule has 1 aliphatic rings. The summed E-state index contributed by atoms with van der Waals surface area (Å²) in [5.74, 6) is 1.45. The van der Waals surface area contributed by atoms with E-state index in [2.05, 4.69) is 0 Å². The fourth-order valence-electron chi connectivity index (χ4n) is 0.913. The molecule has 0 spiro atoms. The van der Waals surface area contributed by atoms with E-state index in [-0.39, 0.29) is 0 Å². The van der Waals surface area contributed by atoms with Crippen LogP contribution in [0.25, 0.3) is 0 Å². The van der Waals surface area contributed by atoms with Crippen molar-refractivity contribution in [2.45, 2.75) is 12.8 Å². The highest BCUT2D eigenvalue weighted by molar-refractivity contribution is 7.20. The molecule has 1 heterocycles. The van der Waals surface area contributed by atoms with Crippen LogP contribution in [0.1, 0.15) is 18.4 Å². The smallest absolute Gasteiger partial charge is 0.0982 e. The van der Waals surface area contributed by atoms with E-state index >= 15 is 0 Å². The zero-order valence-corrected chi connectivity index (χ0v) is 7.48. The molecule has 0 amide bonds. The molecule has 0 bridgehead atoms. The fourth-order valence-corrected chi connectivity index (χ4v) is 2.47. The number of hydrogen-bond donors (Lipinski definition) is 0. The second kappa shape index (κ2) is 2.40. The fraction of sp³-hybridized carbons (Fsp3) is 0.286. The maximum absolute atomic E-state index is 5.89. The Balaban J connectivity index is 2.38. The van der Waals surface area contributed by atoms with Crippen molar-refractivity contribution >= 4 is 34.5 Å². The van der Waals surface area contributed by atoms with Gasteiger partial charge >= 0.3 is 0 Å².